The van der Waals surface area contributed by atoms with Gasteiger partial charge in [0, 0.05) is 44.9 Å². The first kappa shape index (κ1) is 35.5. The topological polar surface area (TPSA) is 29.5 Å². The van der Waals surface area contributed by atoms with Gasteiger partial charge >= 0.3 is 0 Å². The van der Waals surface area contributed by atoms with Gasteiger partial charge in [0.2, 0.25) is 0 Å². The molecule has 3 atom stereocenters. The number of nitrogens with zero attached hydrogens (tertiary/aromatic N) is 1. The monoisotopic (exact) mass is 817 g/mol. The number of hydrogen-bond donors (Lipinski definition) is 0. The van der Waals surface area contributed by atoms with E-state index in [-0.39, 0.29) is 11.8 Å². The second kappa shape index (κ2) is 13.4. The summed E-state index contributed by atoms with van der Waals surface area (Å²) in [5.74, 6) is 0.332. The summed E-state index contributed by atoms with van der Waals surface area (Å²) in [6, 6.07) is 72.6. The first-order valence-corrected chi connectivity index (χ1v) is 22.2. The molecular weight excluding hydrogens is 779 g/mol. The molecule has 9 aromatic carbocycles. The molecular formula is C61H39NO2. The molecule has 3 heteroatoms. The van der Waals surface area contributed by atoms with Crippen molar-refractivity contribution in [1.82, 2.24) is 0 Å². The van der Waals surface area contributed by atoms with Gasteiger partial charge in [0.1, 0.15) is 22.3 Å². The fourth-order valence-corrected chi connectivity index (χ4v) is 11.8. The number of benzene rings is 9. The van der Waals surface area contributed by atoms with Crippen LogP contribution in [-0.2, 0) is 5.41 Å². The standard InChI is InChI=1S/C61H39NO2/c1-3-16-38(17-4-1)39-30-32-41(33-31-39)62(40-18-5-2-6-19-40)54-35-34-47(60-58(54)48-23-10-14-29-56(48)64-60)46-25-15-24-45-42-20-7-11-26-51(42)61(59(45)46)52-27-12-8-21-43(52)49-36-50-44-22-9-13-28-55(44)63-57(50)37-53(49)61/h1-37,43,52H. The summed E-state index contributed by atoms with van der Waals surface area (Å²) in [6.45, 7) is 0. The molecule has 14 rings (SSSR count). The van der Waals surface area contributed by atoms with E-state index in [4.69, 9.17) is 8.83 Å². The van der Waals surface area contributed by atoms with Gasteiger partial charge < -0.3 is 13.7 Å². The van der Waals surface area contributed by atoms with Gasteiger partial charge in [-0.3, -0.25) is 0 Å². The Hall–Kier alpha value is -8.14. The maximum absolute atomic E-state index is 7.17. The third-order valence-electron chi connectivity index (χ3n) is 14.4. The maximum Gasteiger partial charge on any atom is 0.145 e. The Kier molecular flexibility index (Phi) is 7.44. The first-order chi connectivity index (χ1) is 31.8. The normalized spacial score (nSPS) is 17.9. The van der Waals surface area contributed by atoms with Crippen LogP contribution in [0, 0.1) is 5.92 Å². The Morgan fingerprint density at radius 1 is 0.422 bits per heavy atom. The number of anilines is 3. The molecule has 0 fully saturated rings. The van der Waals surface area contributed by atoms with Crippen molar-refractivity contribution in [2.45, 2.75) is 11.3 Å². The minimum atomic E-state index is -0.496. The van der Waals surface area contributed by atoms with Gasteiger partial charge in [-0.1, -0.05) is 164 Å². The smallest absolute Gasteiger partial charge is 0.145 e. The summed E-state index contributed by atoms with van der Waals surface area (Å²) < 4.78 is 13.9. The predicted molar refractivity (Wildman–Crippen MR) is 263 cm³/mol. The highest BCUT2D eigenvalue weighted by atomic mass is 16.3. The van der Waals surface area contributed by atoms with Gasteiger partial charge in [-0.15, -0.1) is 0 Å². The number of para-hydroxylation sites is 3. The van der Waals surface area contributed by atoms with Crippen LogP contribution in [0.5, 0.6) is 0 Å². The largest absolute Gasteiger partial charge is 0.456 e. The van der Waals surface area contributed by atoms with E-state index in [2.05, 4.69) is 229 Å². The zero-order valence-electron chi connectivity index (χ0n) is 34.8. The molecule has 11 aromatic rings. The molecule has 3 aliphatic rings. The molecule has 3 nitrogen and oxygen atoms in total. The average Bonchev–Trinajstić information content (AvgIpc) is 4.10. The highest BCUT2D eigenvalue weighted by Gasteiger charge is 2.58. The fourth-order valence-electron chi connectivity index (χ4n) is 11.8. The van der Waals surface area contributed by atoms with E-state index in [1.165, 1.54) is 55.5 Å². The van der Waals surface area contributed by atoms with Crippen LogP contribution >= 0.6 is 0 Å². The molecule has 3 unspecified atom stereocenters. The lowest BCUT2D eigenvalue weighted by molar-refractivity contribution is 0.466. The number of hydrogen-bond acceptors (Lipinski definition) is 3. The molecule has 300 valence electrons. The zero-order valence-corrected chi connectivity index (χ0v) is 34.8. The first-order valence-electron chi connectivity index (χ1n) is 22.2. The van der Waals surface area contributed by atoms with Crippen molar-refractivity contribution in [1.29, 1.82) is 0 Å². The summed E-state index contributed by atoms with van der Waals surface area (Å²) >= 11 is 0. The van der Waals surface area contributed by atoms with Gasteiger partial charge in [-0.25, -0.2) is 0 Å². The highest BCUT2D eigenvalue weighted by molar-refractivity contribution is 6.18. The zero-order chi connectivity index (χ0) is 41.9. The lowest BCUT2D eigenvalue weighted by atomic mass is 9.64. The van der Waals surface area contributed by atoms with Crippen molar-refractivity contribution in [3.05, 3.63) is 247 Å². The third kappa shape index (κ3) is 4.81. The summed E-state index contributed by atoms with van der Waals surface area (Å²) in [7, 11) is 0. The summed E-state index contributed by atoms with van der Waals surface area (Å²) in [5, 5.41) is 4.50. The Bertz CT molecular complexity index is 3740. The number of furan rings is 2. The van der Waals surface area contributed by atoms with E-state index < -0.39 is 5.41 Å². The van der Waals surface area contributed by atoms with E-state index in [1.54, 1.807) is 0 Å². The number of fused-ring (bicyclic) bond motifs is 16. The van der Waals surface area contributed by atoms with E-state index in [9.17, 15) is 0 Å². The van der Waals surface area contributed by atoms with Gasteiger partial charge in [0.25, 0.3) is 0 Å². The number of allylic oxidation sites excluding steroid dienone is 4. The van der Waals surface area contributed by atoms with Gasteiger partial charge in [-0.05, 0) is 111 Å². The Balaban J connectivity index is 1.04. The fraction of sp³-hybridized carbons (Fsp3) is 0.0492. The molecule has 0 N–H and O–H groups in total. The van der Waals surface area contributed by atoms with Crippen molar-refractivity contribution in [2.24, 2.45) is 5.92 Å². The summed E-state index contributed by atoms with van der Waals surface area (Å²) in [5.41, 5.74) is 18.8. The van der Waals surface area contributed by atoms with E-state index in [1.807, 2.05) is 0 Å². The van der Waals surface area contributed by atoms with Gasteiger partial charge in [-0.2, -0.15) is 0 Å². The van der Waals surface area contributed by atoms with E-state index >= 15 is 0 Å². The van der Waals surface area contributed by atoms with Gasteiger partial charge in [0.05, 0.1) is 16.5 Å². The quantitative estimate of drug-likeness (QED) is 0.173. The molecule has 0 saturated heterocycles. The van der Waals surface area contributed by atoms with Crippen LogP contribution in [0.1, 0.15) is 28.2 Å². The molecule has 3 aliphatic carbocycles. The Labute approximate surface area is 370 Å². The molecule has 0 aliphatic heterocycles. The number of rotatable bonds is 5. The molecule has 0 saturated carbocycles. The molecule has 0 radical (unpaired) electrons. The van der Waals surface area contributed by atoms with Crippen molar-refractivity contribution < 1.29 is 8.83 Å². The minimum Gasteiger partial charge on any atom is -0.456 e. The molecule has 0 amide bonds. The van der Waals surface area contributed by atoms with E-state index in [0.717, 1.165) is 61.1 Å². The van der Waals surface area contributed by atoms with Crippen molar-refractivity contribution in [3.63, 3.8) is 0 Å². The van der Waals surface area contributed by atoms with Crippen LogP contribution in [0.2, 0.25) is 0 Å². The Morgan fingerprint density at radius 3 is 1.89 bits per heavy atom. The lowest BCUT2D eigenvalue weighted by Crippen LogP contribution is -2.33. The van der Waals surface area contributed by atoms with Crippen LogP contribution < -0.4 is 4.90 Å². The van der Waals surface area contributed by atoms with Crippen LogP contribution in [0.3, 0.4) is 0 Å². The summed E-state index contributed by atoms with van der Waals surface area (Å²) in [6.07, 6.45) is 9.38. The van der Waals surface area contributed by atoms with Crippen LogP contribution in [0.15, 0.2) is 233 Å². The second-order valence-electron chi connectivity index (χ2n) is 17.5. The second-order valence-corrected chi connectivity index (χ2v) is 17.5. The summed E-state index contributed by atoms with van der Waals surface area (Å²) in [4.78, 5) is 2.38. The molecule has 0 bridgehead atoms. The van der Waals surface area contributed by atoms with Crippen molar-refractivity contribution in [3.8, 4) is 33.4 Å². The lowest BCUT2D eigenvalue weighted by Gasteiger charge is -2.37. The van der Waals surface area contributed by atoms with Gasteiger partial charge in [0.15, 0.2) is 0 Å². The van der Waals surface area contributed by atoms with Crippen molar-refractivity contribution in [2.75, 3.05) is 4.90 Å². The molecule has 64 heavy (non-hydrogen) atoms. The maximum atomic E-state index is 7.17. The van der Waals surface area contributed by atoms with E-state index in [0.29, 0.717) is 0 Å². The predicted octanol–water partition coefficient (Wildman–Crippen LogP) is 16.4. The highest BCUT2D eigenvalue weighted by Crippen LogP contribution is 2.67. The molecule has 1 spiro atoms. The minimum absolute atomic E-state index is 0.145. The van der Waals surface area contributed by atoms with Crippen LogP contribution in [0.4, 0.5) is 17.1 Å². The molecule has 2 aromatic heterocycles. The Morgan fingerprint density at radius 2 is 1.06 bits per heavy atom. The molecule has 2 heterocycles. The third-order valence-corrected chi connectivity index (χ3v) is 14.4. The van der Waals surface area contributed by atoms with Crippen LogP contribution in [0.25, 0.3) is 77.3 Å². The average molecular weight is 818 g/mol. The SMILES string of the molecule is C1=CC2c3cc4c(cc3C3(c5ccccc5-c5cccc(-c6ccc(N(c7ccccc7)c7ccc(-c8ccccc8)cc7)c7c6oc6ccccc67)c53)C2C=C1)oc1ccccc14. The van der Waals surface area contributed by atoms with Crippen LogP contribution in [-0.4, -0.2) is 0 Å². The van der Waals surface area contributed by atoms with Crippen molar-refractivity contribution >= 4 is 60.9 Å².